The van der Waals surface area contributed by atoms with Crippen LogP contribution in [0.1, 0.15) is 61.3 Å². The number of rotatable bonds is 5. The number of likely N-dealkylation sites (tertiary alicyclic amines) is 1. The van der Waals surface area contributed by atoms with Crippen molar-refractivity contribution in [2.24, 2.45) is 0 Å². The zero-order valence-corrected chi connectivity index (χ0v) is 17.2. The number of aryl methyl sites for hydroxylation is 2. The van der Waals surface area contributed by atoms with Crippen molar-refractivity contribution in [2.75, 3.05) is 18.0 Å². The first-order valence-corrected chi connectivity index (χ1v) is 10.5. The molecule has 1 atom stereocenters. The second-order valence-electron chi connectivity index (χ2n) is 7.97. The number of carbonyl (C=O) groups excluding carboxylic acids is 2. The summed E-state index contributed by atoms with van der Waals surface area (Å²) in [7, 11) is 0. The monoisotopic (exact) mass is 392 g/mol. The van der Waals surface area contributed by atoms with Crippen LogP contribution in [0.15, 0.2) is 30.3 Å². The molecule has 29 heavy (non-hydrogen) atoms. The van der Waals surface area contributed by atoms with Crippen LogP contribution in [0.25, 0.3) is 0 Å². The quantitative estimate of drug-likeness (QED) is 0.782. The van der Waals surface area contributed by atoms with Gasteiger partial charge in [-0.2, -0.15) is 0 Å². The lowest BCUT2D eigenvalue weighted by Gasteiger charge is -2.31. The van der Waals surface area contributed by atoms with Crippen molar-refractivity contribution in [2.45, 2.75) is 58.4 Å². The van der Waals surface area contributed by atoms with Crippen LogP contribution in [-0.2, 0) is 22.4 Å². The predicted octanol–water partition coefficient (Wildman–Crippen LogP) is 3.38. The highest BCUT2D eigenvalue weighted by Crippen LogP contribution is 2.34. The van der Waals surface area contributed by atoms with E-state index in [4.69, 9.17) is 9.97 Å². The summed E-state index contributed by atoms with van der Waals surface area (Å²) in [6.45, 7) is 4.99. The number of amides is 2. The third-order valence-corrected chi connectivity index (χ3v) is 6.00. The largest absolute Gasteiger partial charge is 0.333 e. The lowest BCUT2D eigenvalue weighted by Crippen LogP contribution is -2.38. The average molecular weight is 393 g/mol. The summed E-state index contributed by atoms with van der Waals surface area (Å²) in [5.74, 6) is 1.62. The molecule has 0 radical (unpaired) electrons. The van der Waals surface area contributed by atoms with Gasteiger partial charge in [-0.25, -0.2) is 9.97 Å². The highest BCUT2D eigenvalue weighted by molar-refractivity contribution is 5.95. The smallest absolute Gasteiger partial charge is 0.228 e. The Bertz CT molecular complexity index is 913. The summed E-state index contributed by atoms with van der Waals surface area (Å²) in [6.07, 6.45) is 4.85. The second kappa shape index (κ2) is 8.31. The van der Waals surface area contributed by atoms with E-state index in [1.807, 2.05) is 34.9 Å². The average Bonchev–Trinajstić information content (AvgIpc) is 3.20. The van der Waals surface area contributed by atoms with Crippen LogP contribution in [0.4, 0.5) is 5.82 Å². The maximum atomic E-state index is 12.7. The van der Waals surface area contributed by atoms with E-state index in [9.17, 15) is 9.59 Å². The fourth-order valence-corrected chi connectivity index (χ4v) is 4.48. The molecule has 3 heterocycles. The third kappa shape index (κ3) is 4.02. The number of hydrogen-bond donors (Lipinski definition) is 0. The molecule has 1 aromatic heterocycles. The van der Waals surface area contributed by atoms with Gasteiger partial charge in [0.15, 0.2) is 5.82 Å². The van der Waals surface area contributed by atoms with Crippen LogP contribution in [0, 0.1) is 6.92 Å². The Labute approximate surface area is 172 Å². The molecule has 2 aliphatic heterocycles. The molecule has 0 saturated carbocycles. The molecule has 1 saturated heterocycles. The molecular formula is C23H28N4O2. The number of benzene rings is 1. The molecule has 0 bridgehead atoms. The highest BCUT2D eigenvalue weighted by atomic mass is 16.2. The Balaban J connectivity index is 1.58. The fraction of sp³-hybridized carbons (Fsp3) is 0.478. The van der Waals surface area contributed by atoms with Gasteiger partial charge in [-0.1, -0.05) is 30.3 Å². The maximum Gasteiger partial charge on any atom is 0.228 e. The molecule has 6 nitrogen and oxygen atoms in total. The van der Waals surface area contributed by atoms with Gasteiger partial charge in [-0.05, 0) is 44.6 Å². The molecule has 0 N–H and O–H groups in total. The first-order chi connectivity index (χ1) is 14.0. The summed E-state index contributed by atoms with van der Waals surface area (Å²) >= 11 is 0. The Hall–Kier alpha value is -2.76. The van der Waals surface area contributed by atoms with Crippen LogP contribution in [0.5, 0.6) is 0 Å². The fourth-order valence-electron chi connectivity index (χ4n) is 4.48. The van der Waals surface area contributed by atoms with Crippen LogP contribution >= 0.6 is 0 Å². The van der Waals surface area contributed by atoms with Gasteiger partial charge in [0.05, 0.1) is 6.04 Å². The number of carbonyl (C=O) groups is 2. The Morgan fingerprint density at radius 1 is 1.17 bits per heavy atom. The predicted molar refractivity (Wildman–Crippen MR) is 112 cm³/mol. The maximum absolute atomic E-state index is 12.7. The summed E-state index contributed by atoms with van der Waals surface area (Å²) < 4.78 is 0. The lowest BCUT2D eigenvalue weighted by molar-refractivity contribution is -0.129. The molecular weight excluding hydrogens is 364 g/mol. The first-order valence-electron chi connectivity index (χ1n) is 10.5. The van der Waals surface area contributed by atoms with Crippen LogP contribution in [0.3, 0.4) is 0 Å². The molecule has 152 valence electrons. The van der Waals surface area contributed by atoms with E-state index >= 15 is 0 Å². The van der Waals surface area contributed by atoms with Crippen molar-refractivity contribution in [1.29, 1.82) is 0 Å². The van der Waals surface area contributed by atoms with E-state index in [1.54, 1.807) is 6.92 Å². The van der Waals surface area contributed by atoms with Crippen molar-refractivity contribution in [3.05, 3.63) is 53.0 Å². The Morgan fingerprint density at radius 2 is 1.97 bits per heavy atom. The van der Waals surface area contributed by atoms with Crippen molar-refractivity contribution >= 4 is 17.6 Å². The van der Waals surface area contributed by atoms with Gasteiger partial charge in [-0.3, -0.25) is 14.5 Å². The Kier molecular flexibility index (Phi) is 5.60. The minimum Gasteiger partial charge on any atom is -0.333 e. The van der Waals surface area contributed by atoms with Gasteiger partial charge in [0, 0.05) is 37.7 Å². The third-order valence-electron chi connectivity index (χ3n) is 6.00. The molecule has 4 rings (SSSR count). The lowest BCUT2D eigenvalue weighted by atomic mass is 10.0. The van der Waals surface area contributed by atoms with Crippen LogP contribution in [-0.4, -0.2) is 39.8 Å². The molecule has 2 aliphatic rings. The summed E-state index contributed by atoms with van der Waals surface area (Å²) in [5, 5.41) is 0. The molecule has 0 spiro atoms. The topological polar surface area (TPSA) is 66.4 Å². The van der Waals surface area contributed by atoms with Crippen molar-refractivity contribution in [3.63, 3.8) is 0 Å². The van der Waals surface area contributed by atoms with E-state index in [-0.39, 0.29) is 17.9 Å². The van der Waals surface area contributed by atoms with Gasteiger partial charge >= 0.3 is 0 Å². The number of aromatic nitrogens is 2. The molecule has 2 amide bonds. The van der Waals surface area contributed by atoms with Gasteiger partial charge < -0.3 is 4.90 Å². The molecule has 1 aromatic carbocycles. The van der Waals surface area contributed by atoms with Gasteiger partial charge in [0.25, 0.3) is 0 Å². The van der Waals surface area contributed by atoms with E-state index in [0.29, 0.717) is 25.2 Å². The zero-order valence-electron chi connectivity index (χ0n) is 17.2. The molecule has 1 unspecified atom stereocenters. The van der Waals surface area contributed by atoms with Crippen LogP contribution < -0.4 is 4.90 Å². The van der Waals surface area contributed by atoms with Gasteiger partial charge in [0.2, 0.25) is 11.8 Å². The van der Waals surface area contributed by atoms with E-state index in [2.05, 4.69) is 12.1 Å². The number of nitrogens with zero attached hydrogens (tertiary/aromatic N) is 4. The standard InChI is InChI=1S/C23H28N4O2/c1-16-19-12-13-21(29)27(15-6-10-18-8-4-3-5-9-18)23(19)25-22(24-16)20-11-7-14-26(20)17(2)28/h3-5,8-9,20H,6-7,10-15H2,1-2H3. The SMILES string of the molecule is CC(=O)N1CCCC1c1nc(C)c2c(n1)N(CCCc1ccccc1)C(=O)CC2. The second-order valence-corrected chi connectivity index (χ2v) is 7.97. The minimum atomic E-state index is -0.0836. The number of hydrogen-bond acceptors (Lipinski definition) is 4. The number of anilines is 1. The molecule has 0 aliphatic carbocycles. The summed E-state index contributed by atoms with van der Waals surface area (Å²) in [4.78, 5) is 38.0. The normalized spacial score (nSPS) is 18.8. The summed E-state index contributed by atoms with van der Waals surface area (Å²) in [6, 6.07) is 10.3. The van der Waals surface area contributed by atoms with Crippen molar-refractivity contribution < 1.29 is 9.59 Å². The highest BCUT2D eigenvalue weighted by Gasteiger charge is 2.33. The molecule has 2 aromatic rings. The van der Waals surface area contributed by atoms with Gasteiger partial charge in [0.1, 0.15) is 5.82 Å². The van der Waals surface area contributed by atoms with E-state index < -0.39 is 0 Å². The van der Waals surface area contributed by atoms with Gasteiger partial charge in [-0.15, -0.1) is 0 Å². The summed E-state index contributed by atoms with van der Waals surface area (Å²) in [5.41, 5.74) is 3.28. The van der Waals surface area contributed by atoms with E-state index in [0.717, 1.165) is 49.3 Å². The minimum absolute atomic E-state index is 0.0577. The first kappa shape index (κ1) is 19.6. The number of fused-ring (bicyclic) bond motifs is 1. The van der Waals surface area contributed by atoms with Crippen molar-refractivity contribution in [3.8, 4) is 0 Å². The van der Waals surface area contributed by atoms with Crippen LogP contribution in [0.2, 0.25) is 0 Å². The zero-order chi connectivity index (χ0) is 20.4. The molecule has 6 heteroatoms. The molecule has 1 fully saturated rings. The Morgan fingerprint density at radius 3 is 2.72 bits per heavy atom. The van der Waals surface area contributed by atoms with Crippen molar-refractivity contribution in [1.82, 2.24) is 14.9 Å². The van der Waals surface area contributed by atoms with E-state index in [1.165, 1.54) is 5.56 Å².